The lowest BCUT2D eigenvalue weighted by Gasteiger charge is -2.13. The molecular formula is C24H30O6. The summed E-state index contributed by atoms with van der Waals surface area (Å²) in [5.41, 5.74) is 1.25. The molecule has 0 amide bonds. The van der Waals surface area contributed by atoms with Gasteiger partial charge in [0.05, 0.1) is 35.0 Å². The summed E-state index contributed by atoms with van der Waals surface area (Å²) in [6, 6.07) is 8.82. The topological polar surface area (TPSA) is 63.2 Å². The van der Waals surface area contributed by atoms with Gasteiger partial charge in [-0.15, -0.1) is 0 Å². The molecule has 0 saturated heterocycles. The molecule has 0 aliphatic carbocycles. The third kappa shape index (κ3) is 5.92. The second kappa shape index (κ2) is 11.1. The van der Waals surface area contributed by atoms with Gasteiger partial charge in [-0.2, -0.15) is 0 Å². The third-order valence-corrected chi connectivity index (χ3v) is 4.52. The van der Waals surface area contributed by atoms with Crippen molar-refractivity contribution < 1.29 is 28.5 Å². The van der Waals surface area contributed by atoms with Crippen LogP contribution in [0.15, 0.2) is 36.4 Å². The molecule has 30 heavy (non-hydrogen) atoms. The summed E-state index contributed by atoms with van der Waals surface area (Å²) < 4.78 is 27.2. The molecule has 2 aromatic rings. The molecule has 0 atom stereocenters. The number of rotatable bonds is 11. The van der Waals surface area contributed by atoms with Crippen LogP contribution in [0.5, 0.6) is 28.7 Å². The number of allylic oxidation sites excluding steroid dienone is 1. The second-order valence-corrected chi connectivity index (χ2v) is 7.05. The van der Waals surface area contributed by atoms with E-state index in [0.29, 0.717) is 46.8 Å². The molecule has 0 aliphatic rings. The van der Waals surface area contributed by atoms with Crippen molar-refractivity contribution in [2.75, 3.05) is 35.0 Å². The van der Waals surface area contributed by atoms with Crippen molar-refractivity contribution >= 4 is 11.9 Å². The summed E-state index contributed by atoms with van der Waals surface area (Å²) in [5.74, 6) is 2.99. The minimum atomic E-state index is -0.189. The predicted molar refractivity (Wildman–Crippen MR) is 117 cm³/mol. The molecular weight excluding hydrogens is 384 g/mol. The Balaban J connectivity index is 2.20. The van der Waals surface area contributed by atoms with Gasteiger partial charge in [0.2, 0.25) is 5.75 Å². The van der Waals surface area contributed by atoms with Crippen molar-refractivity contribution in [1.82, 2.24) is 0 Å². The van der Waals surface area contributed by atoms with Crippen molar-refractivity contribution in [3.8, 4) is 28.7 Å². The molecule has 0 N–H and O–H groups in total. The highest BCUT2D eigenvalue weighted by Gasteiger charge is 2.16. The number of ketones is 1. The molecule has 0 heterocycles. The van der Waals surface area contributed by atoms with E-state index in [1.807, 2.05) is 18.2 Å². The van der Waals surface area contributed by atoms with Crippen molar-refractivity contribution in [1.29, 1.82) is 0 Å². The Morgan fingerprint density at radius 2 is 1.50 bits per heavy atom. The molecule has 6 nitrogen and oxygen atoms in total. The zero-order valence-corrected chi connectivity index (χ0v) is 18.5. The highest BCUT2D eigenvalue weighted by atomic mass is 16.5. The van der Waals surface area contributed by atoms with Crippen molar-refractivity contribution in [2.45, 2.75) is 20.3 Å². The van der Waals surface area contributed by atoms with Crippen molar-refractivity contribution in [3.63, 3.8) is 0 Å². The first-order valence-corrected chi connectivity index (χ1v) is 9.76. The van der Waals surface area contributed by atoms with Gasteiger partial charge in [0.25, 0.3) is 0 Å². The van der Waals surface area contributed by atoms with E-state index in [1.165, 1.54) is 27.4 Å². The summed E-state index contributed by atoms with van der Waals surface area (Å²) in [7, 11) is 6.14. The number of carbonyl (C=O) groups is 1. The maximum atomic E-state index is 12.7. The molecule has 0 aromatic heterocycles. The van der Waals surface area contributed by atoms with Gasteiger partial charge in [0.1, 0.15) is 0 Å². The van der Waals surface area contributed by atoms with Crippen LogP contribution in [-0.2, 0) is 0 Å². The summed E-state index contributed by atoms with van der Waals surface area (Å²) >= 11 is 0. The van der Waals surface area contributed by atoms with Gasteiger partial charge in [-0.1, -0.05) is 26.0 Å². The molecule has 0 aliphatic heterocycles. The average Bonchev–Trinajstić information content (AvgIpc) is 2.76. The molecule has 0 unspecified atom stereocenters. The van der Waals surface area contributed by atoms with Crippen LogP contribution in [0.3, 0.4) is 0 Å². The van der Waals surface area contributed by atoms with E-state index in [4.69, 9.17) is 23.7 Å². The van der Waals surface area contributed by atoms with Gasteiger partial charge in [0.15, 0.2) is 28.8 Å². The number of benzene rings is 2. The van der Waals surface area contributed by atoms with Crippen LogP contribution in [0.25, 0.3) is 6.08 Å². The molecule has 0 bridgehead atoms. The molecule has 0 spiro atoms. The van der Waals surface area contributed by atoms with Crippen LogP contribution >= 0.6 is 0 Å². The molecule has 162 valence electrons. The van der Waals surface area contributed by atoms with E-state index < -0.39 is 0 Å². The van der Waals surface area contributed by atoms with Gasteiger partial charge in [-0.25, -0.2) is 0 Å². The first kappa shape index (κ1) is 23.1. The minimum Gasteiger partial charge on any atom is -0.493 e. The Morgan fingerprint density at radius 3 is 2.03 bits per heavy atom. The van der Waals surface area contributed by atoms with Gasteiger partial charge >= 0.3 is 0 Å². The van der Waals surface area contributed by atoms with E-state index in [2.05, 4.69) is 13.8 Å². The Labute approximate surface area is 178 Å². The Hall–Kier alpha value is -3.15. The predicted octanol–water partition coefficient (Wildman–Crippen LogP) is 5.04. The fourth-order valence-corrected chi connectivity index (χ4v) is 2.80. The highest BCUT2D eigenvalue weighted by molar-refractivity contribution is 6.07. The van der Waals surface area contributed by atoms with Crippen molar-refractivity contribution in [3.05, 3.63) is 47.5 Å². The smallest absolute Gasteiger partial charge is 0.203 e. The van der Waals surface area contributed by atoms with E-state index in [-0.39, 0.29) is 5.78 Å². The van der Waals surface area contributed by atoms with E-state index in [1.54, 1.807) is 25.3 Å². The maximum Gasteiger partial charge on any atom is 0.203 e. The quantitative estimate of drug-likeness (QED) is 0.379. The van der Waals surface area contributed by atoms with Gasteiger partial charge < -0.3 is 23.7 Å². The zero-order valence-electron chi connectivity index (χ0n) is 18.5. The fourth-order valence-electron chi connectivity index (χ4n) is 2.80. The van der Waals surface area contributed by atoms with Crippen molar-refractivity contribution in [2.24, 2.45) is 5.92 Å². The normalized spacial score (nSPS) is 10.9. The molecule has 0 fully saturated rings. The second-order valence-electron chi connectivity index (χ2n) is 7.05. The van der Waals surface area contributed by atoms with Gasteiger partial charge in [-0.05, 0) is 48.2 Å². The zero-order chi connectivity index (χ0) is 22.1. The first-order valence-electron chi connectivity index (χ1n) is 9.76. The number of methoxy groups -OCH3 is 4. The van der Waals surface area contributed by atoms with Crippen LogP contribution < -0.4 is 23.7 Å². The lowest BCUT2D eigenvalue weighted by atomic mass is 10.1. The highest BCUT2D eigenvalue weighted by Crippen LogP contribution is 2.38. The Bertz CT molecular complexity index is 860. The maximum absolute atomic E-state index is 12.7. The van der Waals surface area contributed by atoms with Crippen LogP contribution in [0.1, 0.15) is 36.2 Å². The number of hydrogen-bond acceptors (Lipinski definition) is 6. The van der Waals surface area contributed by atoms with Gasteiger partial charge in [-0.3, -0.25) is 4.79 Å². The number of hydrogen-bond donors (Lipinski definition) is 0. The van der Waals surface area contributed by atoms with Gasteiger partial charge in [0, 0.05) is 5.56 Å². The van der Waals surface area contributed by atoms with E-state index >= 15 is 0 Å². The molecule has 2 rings (SSSR count). The molecule has 0 saturated carbocycles. The third-order valence-electron chi connectivity index (χ3n) is 4.52. The summed E-state index contributed by atoms with van der Waals surface area (Å²) in [6.07, 6.45) is 4.19. The summed E-state index contributed by atoms with van der Waals surface area (Å²) in [6.45, 7) is 4.93. The lowest BCUT2D eigenvalue weighted by molar-refractivity contribution is 0.104. The number of carbonyl (C=O) groups excluding carboxylic acids is 1. The summed E-state index contributed by atoms with van der Waals surface area (Å²) in [5, 5.41) is 0. The average molecular weight is 414 g/mol. The molecule has 6 heteroatoms. The first-order chi connectivity index (χ1) is 14.4. The Kier molecular flexibility index (Phi) is 8.59. The molecule has 2 aromatic carbocycles. The SMILES string of the molecule is COc1cc(C=CC(=O)c2cc(OC)c(OC)c(OC)c2)ccc1OCCC(C)C. The van der Waals surface area contributed by atoms with E-state index in [9.17, 15) is 4.79 Å². The number of ether oxygens (including phenoxy) is 5. The summed E-state index contributed by atoms with van der Waals surface area (Å²) in [4.78, 5) is 12.7. The monoisotopic (exact) mass is 414 g/mol. The largest absolute Gasteiger partial charge is 0.493 e. The molecule has 0 radical (unpaired) electrons. The minimum absolute atomic E-state index is 0.189. The fraction of sp³-hybridized carbons (Fsp3) is 0.375. The van der Waals surface area contributed by atoms with E-state index in [0.717, 1.165) is 12.0 Å². The Morgan fingerprint density at radius 1 is 0.867 bits per heavy atom. The van der Waals surface area contributed by atoms with Crippen LogP contribution in [0.4, 0.5) is 0 Å². The van der Waals surface area contributed by atoms with Crippen LogP contribution in [-0.4, -0.2) is 40.8 Å². The lowest BCUT2D eigenvalue weighted by Crippen LogP contribution is -2.02. The van der Waals surface area contributed by atoms with Crippen LogP contribution in [0.2, 0.25) is 0 Å². The standard InChI is InChI=1S/C24H30O6/c1-16(2)11-12-30-20-10-8-17(13-21(20)26-3)7-9-19(25)18-14-22(27-4)24(29-6)23(15-18)28-5/h7-10,13-16H,11-12H2,1-6H3. The van der Waals surface area contributed by atoms with Crippen LogP contribution in [0, 0.1) is 5.92 Å².